The van der Waals surface area contributed by atoms with E-state index in [1.807, 2.05) is 36.4 Å². The minimum atomic E-state index is -0.372. The molecule has 244 valence electrons. The van der Waals surface area contributed by atoms with Crippen LogP contribution in [0.5, 0.6) is 5.75 Å². The van der Waals surface area contributed by atoms with Gasteiger partial charge in [0.2, 0.25) is 11.8 Å². The number of hydrogen-bond donors (Lipinski definition) is 1. The summed E-state index contributed by atoms with van der Waals surface area (Å²) in [4.78, 5) is 36.8. The number of methoxy groups -OCH3 is 1. The first-order chi connectivity index (χ1) is 23.0. The molecule has 2 amide bonds. The Hall–Kier alpha value is -4.11. The largest absolute Gasteiger partial charge is 0.508 e. The molecule has 4 heterocycles. The number of likely N-dealkylation sites (tertiary alicyclic amines) is 2. The first kappa shape index (κ1) is 31.5. The molecule has 4 aliphatic rings. The maximum absolute atomic E-state index is 14.2. The van der Waals surface area contributed by atoms with E-state index >= 15 is 0 Å². The number of carbonyl (C=O) groups excluding carboxylic acids is 2. The second-order valence-corrected chi connectivity index (χ2v) is 13.3. The van der Waals surface area contributed by atoms with E-state index in [0.717, 1.165) is 60.5 Å². The van der Waals surface area contributed by atoms with Crippen LogP contribution in [0.3, 0.4) is 0 Å². The number of phenolic OH excluding ortho intramolecular Hbond substituents is 1. The predicted octanol–water partition coefficient (Wildman–Crippen LogP) is 5.74. The highest BCUT2D eigenvalue weighted by atomic mass is 16.5. The second kappa shape index (κ2) is 13.9. The summed E-state index contributed by atoms with van der Waals surface area (Å²) >= 11 is 0. The minimum Gasteiger partial charge on any atom is -0.508 e. The zero-order valence-corrected chi connectivity index (χ0v) is 27.0. The van der Waals surface area contributed by atoms with Crippen molar-refractivity contribution in [3.8, 4) is 5.75 Å². The van der Waals surface area contributed by atoms with Gasteiger partial charge in [-0.1, -0.05) is 48.5 Å². The Bertz CT molecular complexity index is 1650. The monoisotopic (exact) mass is 633 g/mol. The topological polar surface area (TPSA) is 92.2 Å². The number of amides is 2. The summed E-state index contributed by atoms with van der Waals surface area (Å²) < 4.78 is 12.1. The van der Waals surface area contributed by atoms with E-state index in [1.165, 1.54) is 5.56 Å². The van der Waals surface area contributed by atoms with Crippen LogP contribution in [0.15, 0.2) is 90.1 Å². The molecule has 0 radical (unpaired) electrons. The van der Waals surface area contributed by atoms with Gasteiger partial charge in [-0.25, -0.2) is 0 Å². The van der Waals surface area contributed by atoms with Gasteiger partial charge in [-0.05, 0) is 90.3 Å². The fourth-order valence-electron chi connectivity index (χ4n) is 8.27. The Morgan fingerprint density at radius 1 is 1.00 bits per heavy atom. The molecule has 1 N–H and O–H groups in total. The maximum Gasteiger partial charge on any atom is 0.234 e. The lowest BCUT2D eigenvalue weighted by Crippen LogP contribution is -2.47. The van der Waals surface area contributed by atoms with Crippen molar-refractivity contribution in [3.63, 3.8) is 0 Å². The number of carbonyl (C=O) groups is 2. The molecule has 1 aliphatic carbocycles. The summed E-state index contributed by atoms with van der Waals surface area (Å²) in [6.07, 6.45) is 7.26. The van der Waals surface area contributed by atoms with Crippen LogP contribution in [0.25, 0.3) is 11.6 Å². The molecule has 3 aliphatic heterocycles. The Kier molecular flexibility index (Phi) is 9.34. The fraction of sp³-hybridized carbons (Fsp3) is 0.410. The van der Waals surface area contributed by atoms with Gasteiger partial charge >= 0.3 is 0 Å². The van der Waals surface area contributed by atoms with Gasteiger partial charge in [0.25, 0.3) is 0 Å². The molecular formula is C39H43N3O5. The van der Waals surface area contributed by atoms with E-state index in [-0.39, 0.29) is 47.5 Å². The van der Waals surface area contributed by atoms with Gasteiger partial charge in [0.05, 0.1) is 36.8 Å². The zero-order valence-electron chi connectivity index (χ0n) is 27.0. The molecule has 47 heavy (non-hydrogen) atoms. The zero-order chi connectivity index (χ0) is 32.3. The molecule has 3 aromatic rings. The molecule has 3 saturated heterocycles. The standard InChI is InChI=1S/C39H43N3O5/c1-46-24-29-22-32-37(39(45)42(38(32)44)30-15-18-41(19-16-30)23-26-8-3-2-4-9-26)33-25-47-35(36(29)33)14-13-28(34-12-5-6-17-40-34)20-27-10-7-11-31(43)21-27/h2-12,17,20-21,30,32-33,35,37,43H,13-16,18-19,22-25H2,1H3/b28-20-/t32-,33+,35-,37-/m1/s1. The van der Waals surface area contributed by atoms with Crippen molar-refractivity contribution in [2.75, 3.05) is 33.4 Å². The van der Waals surface area contributed by atoms with Gasteiger partial charge in [-0.3, -0.25) is 24.4 Å². The number of pyridine rings is 1. The molecular weight excluding hydrogens is 590 g/mol. The number of benzene rings is 2. The van der Waals surface area contributed by atoms with Crippen LogP contribution in [0.1, 0.15) is 48.9 Å². The molecule has 8 nitrogen and oxygen atoms in total. The van der Waals surface area contributed by atoms with Crippen LogP contribution in [0.2, 0.25) is 0 Å². The highest BCUT2D eigenvalue weighted by molar-refractivity contribution is 6.06. The molecule has 3 fully saturated rings. The van der Waals surface area contributed by atoms with Crippen molar-refractivity contribution in [2.24, 2.45) is 17.8 Å². The van der Waals surface area contributed by atoms with Gasteiger partial charge in [-0.15, -0.1) is 0 Å². The Morgan fingerprint density at radius 3 is 2.55 bits per heavy atom. The lowest BCUT2D eigenvalue weighted by atomic mass is 9.69. The van der Waals surface area contributed by atoms with Gasteiger partial charge in [-0.2, -0.15) is 0 Å². The third-order valence-electron chi connectivity index (χ3n) is 10.4. The third kappa shape index (κ3) is 6.55. The molecule has 0 spiro atoms. The van der Waals surface area contributed by atoms with Gasteiger partial charge in [0.15, 0.2) is 0 Å². The van der Waals surface area contributed by atoms with E-state index in [1.54, 1.807) is 30.3 Å². The average Bonchev–Trinajstić information content (AvgIpc) is 3.62. The number of allylic oxidation sites excluding steroid dienone is 1. The van der Waals surface area contributed by atoms with E-state index in [2.05, 4.69) is 40.2 Å². The number of piperidine rings is 1. The lowest BCUT2D eigenvalue weighted by molar-refractivity contribution is -0.144. The molecule has 8 heteroatoms. The van der Waals surface area contributed by atoms with E-state index in [0.29, 0.717) is 32.5 Å². The Labute approximate surface area is 276 Å². The highest BCUT2D eigenvalue weighted by Gasteiger charge is 2.58. The summed E-state index contributed by atoms with van der Waals surface area (Å²) in [7, 11) is 1.69. The van der Waals surface area contributed by atoms with Gasteiger partial charge < -0.3 is 14.6 Å². The summed E-state index contributed by atoms with van der Waals surface area (Å²) in [5, 5.41) is 10.1. The van der Waals surface area contributed by atoms with Crippen molar-refractivity contribution < 1.29 is 24.2 Å². The summed E-state index contributed by atoms with van der Waals surface area (Å²) in [6.45, 7) is 3.49. The van der Waals surface area contributed by atoms with Crippen LogP contribution in [-0.2, 0) is 25.6 Å². The van der Waals surface area contributed by atoms with E-state index in [9.17, 15) is 14.7 Å². The average molecular weight is 634 g/mol. The number of rotatable bonds is 10. The third-order valence-corrected chi connectivity index (χ3v) is 10.4. The number of aromatic hydroxyl groups is 1. The molecule has 1 aromatic heterocycles. The number of aromatic nitrogens is 1. The van der Waals surface area contributed by atoms with Crippen molar-refractivity contribution in [3.05, 3.63) is 107 Å². The molecule has 0 unspecified atom stereocenters. The number of phenols is 1. The Morgan fingerprint density at radius 2 is 1.81 bits per heavy atom. The normalized spacial score (nSPS) is 25.4. The van der Waals surface area contributed by atoms with E-state index in [4.69, 9.17) is 9.47 Å². The fourth-order valence-corrected chi connectivity index (χ4v) is 8.27. The molecule has 0 bridgehead atoms. The number of imide groups is 1. The molecule has 0 saturated carbocycles. The van der Waals surface area contributed by atoms with Crippen molar-refractivity contribution >= 4 is 23.5 Å². The summed E-state index contributed by atoms with van der Waals surface area (Å²) in [5.74, 6) is -0.636. The SMILES string of the molecule is COCC1=C2[C@@H](CC/C(=C/c3cccc(O)c3)c3ccccn3)OC[C@@H]2[C@@H]2C(=O)N(C3CCN(Cc4ccccc4)CC3)C(=O)[C@@H]2C1. The number of fused-ring (bicyclic) bond motifs is 3. The van der Waals surface area contributed by atoms with Crippen LogP contribution in [-0.4, -0.2) is 77.3 Å². The smallest absolute Gasteiger partial charge is 0.234 e. The lowest BCUT2D eigenvalue weighted by Gasteiger charge is -2.36. The summed E-state index contributed by atoms with van der Waals surface area (Å²) in [6, 6.07) is 23.5. The Balaban J connectivity index is 1.07. The quantitative estimate of drug-likeness (QED) is 0.225. The van der Waals surface area contributed by atoms with E-state index < -0.39 is 0 Å². The van der Waals surface area contributed by atoms with Crippen LogP contribution in [0, 0.1) is 17.8 Å². The molecule has 2 aromatic carbocycles. The number of nitrogens with zero attached hydrogens (tertiary/aromatic N) is 3. The van der Waals surface area contributed by atoms with Crippen molar-refractivity contribution in [1.82, 2.24) is 14.8 Å². The second-order valence-electron chi connectivity index (χ2n) is 13.3. The highest BCUT2D eigenvalue weighted by Crippen LogP contribution is 2.50. The predicted molar refractivity (Wildman–Crippen MR) is 180 cm³/mol. The first-order valence-electron chi connectivity index (χ1n) is 16.9. The maximum atomic E-state index is 14.2. The van der Waals surface area contributed by atoms with Gasteiger partial charge in [0, 0.05) is 44.9 Å². The summed E-state index contributed by atoms with van der Waals surface area (Å²) in [5.41, 5.74) is 6.37. The number of ether oxygens (including phenoxy) is 2. The van der Waals surface area contributed by atoms with Crippen molar-refractivity contribution in [2.45, 2.75) is 50.8 Å². The molecule has 4 atom stereocenters. The van der Waals surface area contributed by atoms with Gasteiger partial charge in [0.1, 0.15) is 5.75 Å². The van der Waals surface area contributed by atoms with Crippen LogP contribution >= 0.6 is 0 Å². The van der Waals surface area contributed by atoms with Crippen LogP contribution in [0.4, 0.5) is 0 Å². The first-order valence-corrected chi connectivity index (χ1v) is 16.9. The van der Waals surface area contributed by atoms with Crippen LogP contribution < -0.4 is 0 Å². The number of hydrogen-bond acceptors (Lipinski definition) is 7. The van der Waals surface area contributed by atoms with Crippen molar-refractivity contribution in [1.29, 1.82) is 0 Å². The molecule has 7 rings (SSSR count). The minimum absolute atomic E-state index is 0.0101.